The first-order valence-electron chi connectivity index (χ1n) is 8.39. The van der Waals surface area contributed by atoms with Crippen molar-refractivity contribution in [3.8, 4) is 5.82 Å². The monoisotopic (exact) mass is 328 g/mol. The quantitative estimate of drug-likeness (QED) is 0.903. The minimum absolute atomic E-state index is 0.0334. The summed E-state index contributed by atoms with van der Waals surface area (Å²) in [5, 5.41) is 7.49. The normalized spacial score (nSPS) is 15.9. The SMILES string of the molecule is CCC(C)NC(=O)C1CN(c2cc(-n3nc(C)cc3C)ncn2)C1. The lowest BCUT2D eigenvalue weighted by Gasteiger charge is -2.39. The van der Waals surface area contributed by atoms with E-state index in [0.29, 0.717) is 13.1 Å². The van der Waals surface area contributed by atoms with Gasteiger partial charge in [-0.2, -0.15) is 5.10 Å². The van der Waals surface area contributed by atoms with Crippen LogP contribution in [0.2, 0.25) is 0 Å². The third kappa shape index (κ3) is 3.25. The molecule has 2 aromatic rings. The first kappa shape index (κ1) is 16.4. The van der Waals surface area contributed by atoms with Crippen LogP contribution in [0.25, 0.3) is 5.82 Å². The number of nitrogens with one attached hydrogen (secondary N) is 1. The molecule has 1 N–H and O–H groups in total. The molecule has 1 unspecified atom stereocenters. The van der Waals surface area contributed by atoms with Crippen molar-refractivity contribution in [3.05, 3.63) is 29.8 Å². The molecular weight excluding hydrogens is 304 g/mol. The Morgan fingerprint density at radius 2 is 2.00 bits per heavy atom. The summed E-state index contributed by atoms with van der Waals surface area (Å²) in [6.45, 7) is 9.44. The van der Waals surface area contributed by atoms with Gasteiger partial charge in [0.2, 0.25) is 5.91 Å². The minimum atomic E-state index is 0.0334. The summed E-state index contributed by atoms with van der Waals surface area (Å²) >= 11 is 0. The molecule has 0 spiro atoms. The van der Waals surface area contributed by atoms with E-state index in [1.165, 1.54) is 0 Å². The molecule has 1 atom stereocenters. The van der Waals surface area contributed by atoms with Gasteiger partial charge < -0.3 is 10.2 Å². The predicted octanol–water partition coefficient (Wildman–Crippen LogP) is 1.63. The Hall–Kier alpha value is -2.44. The molecule has 1 aliphatic heterocycles. The van der Waals surface area contributed by atoms with Gasteiger partial charge in [-0.1, -0.05) is 6.92 Å². The van der Waals surface area contributed by atoms with Crippen LogP contribution in [0.1, 0.15) is 31.7 Å². The van der Waals surface area contributed by atoms with Crippen molar-refractivity contribution in [1.29, 1.82) is 0 Å². The number of anilines is 1. The molecule has 128 valence electrons. The van der Waals surface area contributed by atoms with Gasteiger partial charge in [-0.05, 0) is 33.3 Å². The average Bonchev–Trinajstić information content (AvgIpc) is 2.84. The van der Waals surface area contributed by atoms with Gasteiger partial charge in [-0.15, -0.1) is 0 Å². The van der Waals surface area contributed by atoms with Crippen LogP contribution in [0.3, 0.4) is 0 Å². The van der Waals surface area contributed by atoms with Crippen molar-refractivity contribution in [1.82, 2.24) is 25.1 Å². The molecule has 1 aliphatic rings. The second kappa shape index (κ2) is 6.59. The maximum Gasteiger partial charge on any atom is 0.226 e. The first-order valence-corrected chi connectivity index (χ1v) is 8.39. The number of carbonyl (C=O) groups excluding carboxylic acids is 1. The number of rotatable bonds is 5. The molecule has 1 amide bonds. The van der Waals surface area contributed by atoms with Crippen LogP contribution in [0.15, 0.2) is 18.5 Å². The van der Waals surface area contributed by atoms with Crippen molar-refractivity contribution in [2.75, 3.05) is 18.0 Å². The summed E-state index contributed by atoms with van der Waals surface area (Å²) in [5.41, 5.74) is 1.99. The zero-order valence-corrected chi connectivity index (χ0v) is 14.7. The summed E-state index contributed by atoms with van der Waals surface area (Å²) in [5.74, 6) is 1.75. The fraction of sp³-hybridized carbons (Fsp3) is 0.529. The number of hydrogen-bond acceptors (Lipinski definition) is 5. The Balaban J connectivity index is 1.67. The molecule has 1 fully saturated rings. The third-order valence-corrected chi connectivity index (χ3v) is 4.44. The number of amides is 1. The molecule has 3 rings (SSSR count). The van der Waals surface area contributed by atoms with Crippen molar-refractivity contribution >= 4 is 11.7 Å². The standard InChI is InChI=1S/C17H24N6O/c1-5-11(2)20-17(24)14-8-22(9-14)15-7-16(19-10-18-15)23-13(4)6-12(3)21-23/h6-7,10-11,14H,5,8-9H2,1-4H3,(H,20,24). The Morgan fingerprint density at radius 3 is 2.62 bits per heavy atom. The van der Waals surface area contributed by atoms with Crippen molar-refractivity contribution in [2.24, 2.45) is 5.92 Å². The Labute approximate surface area is 142 Å². The van der Waals surface area contributed by atoms with Gasteiger partial charge in [0.25, 0.3) is 0 Å². The number of aryl methyl sites for hydroxylation is 2. The molecule has 0 radical (unpaired) electrons. The molecule has 0 aromatic carbocycles. The predicted molar refractivity (Wildman–Crippen MR) is 92.2 cm³/mol. The molecular formula is C17H24N6O. The van der Waals surface area contributed by atoms with Crippen molar-refractivity contribution < 1.29 is 4.79 Å². The zero-order valence-electron chi connectivity index (χ0n) is 14.7. The third-order valence-electron chi connectivity index (χ3n) is 4.44. The topological polar surface area (TPSA) is 75.9 Å². The number of nitrogens with zero attached hydrogens (tertiary/aromatic N) is 5. The smallest absolute Gasteiger partial charge is 0.226 e. The summed E-state index contributed by atoms with van der Waals surface area (Å²) in [6, 6.07) is 4.16. The summed E-state index contributed by atoms with van der Waals surface area (Å²) in [6.07, 6.45) is 2.49. The van der Waals surface area contributed by atoms with Gasteiger partial charge in [0, 0.05) is 30.9 Å². The highest BCUT2D eigenvalue weighted by atomic mass is 16.2. The van der Waals surface area contributed by atoms with Gasteiger partial charge in [-0.25, -0.2) is 14.6 Å². The van der Waals surface area contributed by atoms with Gasteiger partial charge in [-0.3, -0.25) is 4.79 Å². The highest BCUT2D eigenvalue weighted by molar-refractivity contribution is 5.82. The van der Waals surface area contributed by atoms with E-state index in [9.17, 15) is 4.79 Å². The lowest BCUT2D eigenvalue weighted by Crippen LogP contribution is -2.55. The fourth-order valence-electron chi connectivity index (χ4n) is 2.78. The van der Waals surface area contributed by atoms with E-state index in [2.05, 4.69) is 32.2 Å². The lowest BCUT2D eigenvalue weighted by atomic mass is 9.98. The van der Waals surface area contributed by atoms with Crippen LogP contribution >= 0.6 is 0 Å². The highest BCUT2D eigenvalue weighted by Crippen LogP contribution is 2.24. The summed E-state index contributed by atoms with van der Waals surface area (Å²) in [4.78, 5) is 22.9. The van der Waals surface area contributed by atoms with E-state index in [-0.39, 0.29) is 17.9 Å². The van der Waals surface area contributed by atoms with Crippen molar-refractivity contribution in [2.45, 2.75) is 40.2 Å². The maximum atomic E-state index is 12.1. The fourth-order valence-corrected chi connectivity index (χ4v) is 2.78. The minimum Gasteiger partial charge on any atom is -0.355 e. The van der Waals surface area contributed by atoms with Crippen LogP contribution in [0.4, 0.5) is 5.82 Å². The molecule has 1 saturated heterocycles. The Bertz CT molecular complexity index is 734. The van der Waals surface area contributed by atoms with Gasteiger partial charge >= 0.3 is 0 Å². The van der Waals surface area contributed by atoms with E-state index < -0.39 is 0 Å². The zero-order chi connectivity index (χ0) is 17.3. The molecule has 7 heteroatoms. The highest BCUT2D eigenvalue weighted by Gasteiger charge is 2.34. The van der Waals surface area contributed by atoms with Crippen LogP contribution < -0.4 is 10.2 Å². The van der Waals surface area contributed by atoms with E-state index in [1.807, 2.05) is 37.6 Å². The molecule has 24 heavy (non-hydrogen) atoms. The average molecular weight is 328 g/mol. The first-order chi connectivity index (χ1) is 11.5. The molecule has 7 nitrogen and oxygen atoms in total. The van der Waals surface area contributed by atoms with Crippen LogP contribution in [-0.4, -0.2) is 44.8 Å². The Kier molecular flexibility index (Phi) is 4.51. The second-order valence-corrected chi connectivity index (χ2v) is 6.49. The summed E-state index contributed by atoms with van der Waals surface area (Å²) in [7, 11) is 0. The lowest BCUT2D eigenvalue weighted by molar-refractivity contribution is -0.126. The van der Waals surface area contributed by atoms with Crippen LogP contribution in [-0.2, 0) is 4.79 Å². The molecule has 0 bridgehead atoms. The van der Waals surface area contributed by atoms with E-state index in [0.717, 1.165) is 29.4 Å². The molecule has 2 aromatic heterocycles. The van der Waals surface area contributed by atoms with E-state index in [1.54, 1.807) is 6.33 Å². The van der Waals surface area contributed by atoms with E-state index >= 15 is 0 Å². The van der Waals surface area contributed by atoms with Crippen molar-refractivity contribution in [3.63, 3.8) is 0 Å². The van der Waals surface area contributed by atoms with Crippen LogP contribution in [0, 0.1) is 19.8 Å². The second-order valence-electron chi connectivity index (χ2n) is 6.49. The molecule has 0 saturated carbocycles. The molecule has 3 heterocycles. The summed E-state index contributed by atoms with van der Waals surface area (Å²) < 4.78 is 1.81. The van der Waals surface area contributed by atoms with E-state index in [4.69, 9.17) is 0 Å². The largest absolute Gasteiger partial charge is 0.355 e. The maximum absolute atomic E-state index is 12.1. The number of hydrogen-bond donors (Lipinski definition) is 1. The Morgan fingerprint density at radius 1 is 1.29 bits per heavy atom. The van der Waals surface area contributed by atoms with Gasteiger partial charge in [0.05, 0.1) is 11.6 Å². The number of aromatic nitrogens is 4. The van der Waals surface area contributed by atoms with Crippen LogP contribution in [0.5, 0.6) is 0 Å². The molecule has 0 aliphatic carbocycles. The van der Waals surface area contributed by atoms with Gasteiger partial charge in [0.15, 0.2) is 5.82 Å². The number of carbonyl (C=O) groups is 1. The van der Waals surface area contributed by atoms with Gasteiger partial charge in [0.1, 0.15) is 12.1 Å².